The number of halogens is 4. The highest BCUT2D eigenvalue weighted by atomic mass is 19.4. The van der Waals surface area contributed by atoms with Crippen molar-refractivity contribution in [1.29, 1.82) is 0 Å². The summed E-state index contributed by atoms with van der Waals surface area (Å²) >= 11 is 0. The van der Waals surface area contributed by atoms with Crippen molar-refractivity contribution in [2.24, 2.45) is 0 Å². The van der Waals surface area contributed by atoms with E-state index < -0.39 is 35.2 Å². The number of benzene rings is 2. The van der Waals surface area contributed by atoms with Crippen molar-refractivity contribution in [3.05, 3.63) is 102 Å². The highest BCUT2D eigenvalue weighted by molar-refractivity contribution is 6.05. The fourth-order valence-corrected chi connectivity index (χ4v) is 4.41. The van der Waals surface area contributed by atoms with Gasteiger partial charge in [-0.3, -0.25) is 4.79 Å². The molecule has 4 aromatic rings. The van der Waals surface area contributed by atoms with Gasteiger partial charge in [-0.2, -0.15) is 13.2 Å². The van der Waals surface area contributed by atoms with E-state index in [2.05, 4.69) is 20.6 Å². The first-order valence-corrected chi connectivity index (χ1v) is 13.0. The van der Waals surface area contributed by atoms with Crippen LogP contribution in [0.5, 0.6) is 5.75 Å². The second kappa shape index (κ2) is 12.2. The van der Waals surface area contributed by atoms with Crippen molar-refractivity contribution in [1.82, 2.24) is 14.9 Å². The van der Waals surface area contributed by atoms with Crippen molar-refractivity contribution >= 4 is 29.1 Å². The van der Waals surface area contributed by atoms with E-state index in [1.54, 1.807) is 47.4 Å². The van der Waals surface area contributed by atoms with Crippen LogP contribution >= 0.6 is 0 Å². The molecular weight excluding hydrogens is 556 g/mol. The lowest BCUT2D eigenvalue weighted by Gasteiger charge is -2.35. The van der Waals surface area contributed by atoms with Gasteiger partial charge in [0.25, 0.3) is 5.91 Å². The van der Waals surface area contributed by atoms with Gasteiger partial charge in [0.1, 0.15) is 29.7 Å². The molecular formula is C29H26F4N6O3. The normalized spacial score (nSPS) is 13.5. The average Bonchev–Trinajstić information content (AvgIpc) is 3.44. The highest BCUT2D eigenvalue weighted by Gasteiger charge is 2.38. The third-order valence-electron chi connectivity index (χ3n) is 6.55. The maximum atomic E-state index is 13.8. The molecule has 1 fully saturated rings. The van der Waals surface area contributed by atoms with Crippen molar-refractivity contribution in [3.63, 3.8) is 0 Å². The van der Waals surface area contributed by atoms with Crippen molar-refractivity contribution in [3.8, 4) is 5.75 Å². The minimum atomic E-state index is -4.78. The number of aromatic amines is 1. The topological polar surface area (TPSA) is 103 Å². The first kappa shape index (κ1) is 28.5. The van der Waals surface area contributed by atoms with E-state index in [1.807, 2.05) is 4.90 Å². The Balaban J connectivity index is 1.18. The van der Waals surface area contributed by atoms with E-state index in [4.69, 9.17) is 4.74 Å². The number of pyridine rings is 1. The molecule has 3 heterocycles. The van der Waals surface area contributed by atoms with E-state index in [1.165, 1.54) is 30.5 Å². The number of amides is 3. The Morgan fingerprint density at radius 3 is 2.31 bits per heavy atom. The van der Waals surface area contributed by atoms with Crippen LogP contribution in [0.1, 0.15) is 21.7 Å². The molecule has 13 heteroatoms. The summed E-state index contributed by atoms with van der Waals surface area (Å²) in [6, 6.07) is 18.4. The molecule has 1 aliphatic heterocycles. The number of aromatic nitrogens is 2. The average molecular weight is 583 g/mol. The molecule has 0 bridgehead atoms. The molecule has 2 aromatic carbocycles. The number of nitrogens with zero attached hydrogens (tertiary/aromatic N) is 3. The summed E-state index contributed by atoms with van der Waals surface area (Å²) in [7, 11) is 0. The molecule has 0 unspecified atom stereocenters. The molecule has 0 atom stereocenters. The number of rotatable bonds is 7. The first-order valence-electron chi connectivity index (χ1n) is 13.0. The predicted molar refractivity (Wildman–Crippen MR) is 148 cm³/mol. The summed E-state index contributed by atoms with van der Waals surface area (Å²) in [4.78, 5) is 35.4. The Kier molecular flexibility index (Phi) is 8.27. The van der Waals surface area contributed by atoms with Gasteiger partial charge >= 0.3 is 12.2 Å². The number of para-hydroxylation sites is 2. The molecule has 0 aliphatic carbocycles. The second-order valence-electron chi connectivity index (χ2n) is 9.43. The molecule has 0 saturated carbocycles. The Morgan fingerprint density at radius 2 is 1.64 bits per heavy atom. The highest BCUT2D eigenvalue weighted by Crippen LogP contribution is 2.32. The van der Waals surface area contributed by atoms with E-state index in [9.17, 15) is 27.2 Å². The van der Waals surface area contributed by atoms with Crippen LogP contribution in [0, 0.1) is 5.82 Å². The number of urea groups is 1. The van der Waals surface area contributed by atoms with Crippen LogP contribution in [-0.2, 0) is 12.8 Å². The zero-order valence-electron chi connectivity index (χ0n) is 22.1. The van der Waals surface area contributed by atoms with Crippen LogP contribution in [0.2, 0.25) is 0 Å². The fourth-order valence-electron chi connectivity index (χ4n) is 4.41. The van der Waals surface area contributed by atoms with Gasteiger partial charge < -0.3 is 30.2 Å². The van der Waals surface area contributed by atoms with Crippen molar-refractivity contribution in [2.75, 3.05) is 41.7 Å². The maximum absolute atomic E-state index is 13.8. The first-order chi connectivity index (χ1) is 20.2. The predicted octanol–water partition coefficient (Wildman–Crippen LogP) is 5.75. The SMILES string of the molecule is O=C(Nc1ccc(N2CCN(C(=O)Nc3ccccc3F)CC2)nc1)c1cc(COc2ccccc2)[nH]c1C(F)(F)F. The molecule has 2 aromatic heterocycles. The molecule has 1 aliphatic rings. The number of carbonyl (C=O) groups is 2. The number of hydrogen-bond acceptors (Lipinski definition) is 5. The lowest BCUT2D eigenvalue weighted by Crippen LogP contribution is -2.50. The van der Waals surface area contributed by atoms with Gasteiger partial charge in [0.15, 0.2) is 0 Å². The molecule has 5 rings (SSSR count). The summed E-state index contributed by atoms with van der Waals surface area (Å²) in [6.45, 7) is 1.45. The quantitative estimate of drug-likeness (QED) is 0.241. The Morgan fingerprint density at radius 1 is 0.929 bits per heavy atom. The van der Waals surface area contributed by atoms with Gasteiger partial charge in [-0.15, -0.1) is 0 Å². The zero-order chi connectivity index (χ0) is 29.7. The van der Waals surface area contributed by atoms with Gasteiger partial charge in [0.05, 0.1) is 28.8 Å². The van der Waals surface area contributed by atoms with Crippen LogP contribution in [0.3, 0.4) is 0 Å². The summed E-state index contributed by atoms with van der Waals surface area (Å²) in [6.07, 6.45) is -3.43. The molecule has 1 saturated heterocycles. The molecule has 9 nitrogen and oxygen atoms in total. The number of hydrogen-bond donors (Lipinski definition) is 3. The minimum absolute atomic E-state index is 0.0894. The largest absolute Gasteiger partial charge is 0.487 e. The number of piperazine rings is 1. The summed E-state index contributed by atoms with van der Waals surface area (Å²) in [5.41, 5.74) is -1.34. The van der Waals surface area contributed by atoms with Crippen LogP contribution in [0.15, 0.2) is 79.0 Å². The summed E-state index contributed by atoms with van der Waals surface area (Å²) < 4.78 is 60.4. The molecule has 3 N–H and O–H groups in total. The Bertz CT molecular complexity index is 1540. The lowest BCUT2D eigenvalue weighted by atomic mass is 10.2. The zero-order valence-corrected chi connectivity index (χ0v) is 22.1. The van der Waals surface area contributed by atoms with E-state index in [0.29, 0.717) is 37.7 Å². The molecule has 0 radical (unpaired) electrons. The Hall–Kier alpha value is -5.07. The van der Waals surface area contributed by atoms with Crippen LogP contribution in [0.25, 0.3) is 0 Å². The van der Waals surface area contributed by atoms with Crippen molar-refractivity contribution in [2.45, 2.75) is 12.8 Å². The van der Waals surface area contributed by atoms with Crippen LogP contribution in [-0.4, -0.2) is 53.0 Å². The summed E-state index contributed by atoms with van der Waals surface area (Å²) in [5.74, 6) is -0.428. The molecule has 42 heavy (non-hydrogen) atoms. The lowest BCUT2D eigenvalue weighted by molar-refractivity contribution is -0.141. The van der Waals surface area contributed by atoms with Crippen LogP contribution < -0.4 is 20.3 Å². The number of alkyl halides is 3. The number of carbonyl (C=O) groups excluding carboxylic acids is 2. The summed E-state index contributed by atoms with van der Waals surface area (Å²) in [5, 5.41) is 5.03. The van der Waals surface area contributed by atoms with E-state index in [-0.39, 0.29) is 23.7 Å². The minimum Gasteiger partial charge on any atom is -0.487 e. The maximum Gasteiger partial charge on any atom is 0.432 e. The van der Waals surface area contributed by atoms with Gasteiger partial charge in [-0.05, 0) is 42.5 Å². The molecule has 218 valence electrons. The monoisotopic (exact) mass is 582 g/mol. The van der Waals surface area contributed by atoms with Gasteiger partial charge in [0.2, 0.25) is 0 Å². The second-order valence-corrected chi connectivity index (χ2v) is 9.43. The standard InChI is InChI=1S/C29H26F4N6O3/c30-23-8-4-5-9-24(23)37-28(41)39-14-12-38(13-15-39)25-11-10-19(17-34-25)36-27(40)22-16-20(35-26(22)29(31,32)33)18-42-21-6-2-1-3-7-21/h1-11,16-17,35H,12-15,18H2,(H,36,40)(H,37,41). The third-order valence-corrected chi connectivity index (χ3v) is 6.55. The van der Waals surface area contributed by atoms with Crippen molar-refractivity contribution < 1.29 is 31.9 Å². The smallest absolute Gasteiger partial charge is 0.432 e. The van der Waals surface area contributed by atoms with E-state index >= 15 is 0 Å². The number of H-pyrrole nitrogens is 1. The third kappa shape index (κ3) is 6.79. The number of anilines is 3. The number of nitrogens with one attached hydrogen (secondary N) is 3. The molecule has 0 spiro atoms. The van der Waals surface area contributed by atoms with Gasteiger partial charge in [-0.25, -0.2) is 14.2 Å². The van der Waals surface area contributed by atoms with Gasteiger partial charge in [-0.1, -0.05) is 30.3 Å². The van der Waals surface area contributed by atoms with E-state index in [0.717, 1.165) is 6.07 Å². The van der Waals surface area contributed by atoms with Crippen LogP contribution in [0.4, 0.5) is 39.5 Å². The van der Waals surface area contributed by atoms with Gasteiger partial charge in [0, 0.05) is 26.2 Å². The fraction of sp³-hybridized carbons (Fsp3) is 0.207. The Labute approximate surface area is 238 Å². The number of ether oxygens (including phenoxy) is 1. The molecule has 3 amide bonds.